The van der Waals surface area contributed by atoms with Gasteiger partial charge in [-0.1, -0.05) is 11.8 Å². The van der Waals surface area contributed by atoms with Crippen molar-refractivity contribution in [3.05, 3.63) is 63.7 Å². The molecule has 0 radical (unpaired) electrons. The Kier molecular flexibility index (Phi) is 5.04. The van der Waals surface area contributed by atoms with Gasteiger partial charge in [0.1, 0.15) is 15.8 Å². The minimum absolute atomic E-state index is 0.0484. The maximum atomic E-state index is 14.5. The van der Waals surface area contributed by atoms with Crippen LogP contribution in [0.3, 0.4) is 0 Å². The first kappa shape index (κ1) is 19.5. The summed E-state index contributed by atoms with van der Waals surface area (Å²) in [4.78, 5) is 8.30. The normalized spacial score (nSPS) is 11.3. The van der Waals surface area contributed by atoms with E-state index in [0.29, 0.717) is 22.1 Å². The van der Waals surface area contributed by atoms with Gasteiger partial charge in [-0.3, -0.25) is 20.1 Å². The molecule has 0 aliphatic carbocycles. The molecule has 0 aliphatic heterocycles. The van der Waals surface area contributed by atoms with Gasteiger partial charge in [-0.2, -0.15) is 5.10 Å². The third-order valence-electron chi connectivity index (χ3n) is 3.98. The average molecular weight is 482 g/mol. The molecule has 0 saturated carbocycles. The zero-order valence-corrected chi connectivity index (χ0v) is 16.8. The number of anilines is 1. The highest BCUT2D eigenvalue weighted by Crippen LogP contribution is 2.28. The Morgan fingerprint density at radius 3 is 2.72 bits per heavy atom. The monoisotopic (exact) mass is 481 g/mol. The molecule has 1 aromatic carbocycles. The van der Waals surface area contributed by atoms with E-state index in [9.17, 15) is 13.2 Å². The third kappa shape index (κ3) is 3.49. The Labute approximate surface area is 173 Å². The second-order valence-corrected chi connectivity index (χ2v) is 7.66. The highest BCUT2D eigenvalue weighted by molar-refractivity contribution is 9.10. The summed E-state index contributed by atoms with van der Waals surface area (Å²) < 4.78 is 44.1. The van der Waals surface area contributed by atoms with Crippen LogP contribution in [0.5, 0.6) is 0 Å². The molecule has 0 bridgehead atoms. The predicted octanol–water partition coefficient (Wildman–Crippen LogP) is 3.68. The summed E-state index contributed by atoms with van der Waals surface area (Å²) in [5.74, 6) is -3.40. The SMILES string of the molecule is N=c1c2c(Br)[nH]nc2nc(SCc2cncc(N)c2)n1-c1c(F)ccc(F)c1F. The molecule has 12 heteroatoms. The number of halogens is 4. The van der Waals surface area contributed by atoms with Crippen LogP contribution in [0.2, 0.25) is 0 Å². The number of nitrogens with zero attached hydrogens (tertiary/aromatic N) is 4. The molecule has 0 spiro atoms. The minimum atomic E-state index is -1.42. The molecule has 0 amide bonds. The van der Waals surface area contributed by atoms with Crippen LogP contribution in [-0.4, -0.2) is 24.7 Å². The van der Waals surface area contributed by atoms with Crippen molar-refractivity contribution >= 4 is 44.4 Å². The number of aromatic nitrogens is 5. The number of fused-ring (bicyclic) bond motifs is 1. The van der Waals surface area contributed by atoms with Gasteiger partial charge in [-0.15, -0.1) is 0 Å². The molecule has 3 aromatic heterocycles. The Balaban J connectivity index is 1.93. The van der Waals surface area contributed by atoms with Gasteiger partial charge in [0.2, 0.25) is 0 Å². The van der Waals surface area contributed by atoms with Crippen LogP contribution in [0.15, 0.2) is 40.4 Å². The van der Waals surface area contributed by atoms with Crippen molar-refractivity contribution in [3.63, 3.8) is 0 Å². The molecule has 29 heavy (non-hydrogen) atoms. The summed E-state index contributed by atoms with van der Waals surface area (Å²) in [6.45, 7) is 0. The first-order chi connectivity index (χ1) is 13.9. The molecular weight excluding hydrogens is 471 g/mol. The van der Waals surface area contributed by atoms with Crippen molar-refractivity contribution in [2.24, 2.45) is 0 Å². The number of aromatic amines is 1. The molecule has 0 unspecified atom stereocenters. The van der Waals surface area contributed by atoms with Gasteiger partial charge in [-0.25, -0.2) is 18.2 Å². The van der Waals surface area contributed by atoms with E-state index in [-0.39, 0.29) is 21.7 Å². The van der Waals surface area contributed by atoms with Crippen molar-refractivity contribution < 1.29 is 13.2 Å². The number of benzene rings is 1. The lowest BCUT2D eigenvalue weighted by Crippen LogP contribution is -2.24. The zero-order valence-electron chi connectivity index (χ0n) is 14.4. The number of nitrogen functional groups attached to an aromatic ring is 1. The number of H-pyrrole nitrogens is 1. The van der Waals surface area contributed by atoms with Gasteiger partial charge < -0.3 is 5.73 Å². The highest BCUT2D eigenvalue weighted by Gasteiger charge is 2.22. The molecule has 0 aliphatic rings. The van der Waals surface area contributed by atoms with E-state index in [4.69, 9.17) is 11.1 Å². The smallest absolute Gasteiger partial charge is 0.188 e. The van der Waals surface area contributed by atoms with Gasteiger partial charge in [-0.05, 0) is 39.7 Å². The molecule has 7 nitrogen and oxygen atoms in total. The largest absolute Gasteiger partial charge is 0.397 e. The van der Waals surface area contributed by atoms with Gasteiger partial charge in [0, 0.05) is 18.1 Å². The van der Waals surface area contributed by atoms with Crippen molar-refractivity contribution in [3.8, 4) is 5.69 Å². The molecule has 0 fully saturated rings. The second kappa shape index (κ2) is 7.52. The number of hydrogen-bond acceptors (Lipinski definition) is 6. The van der Waals surface area contributed by atoms with Crippen LogP contribution in [0.25, 0.3) is 16.7 Å². The lowest BCUT2D eigenvalue weighted by molar-refractivity contribution is 0.482. The summed E-state index contributed by atoms with van der Waals surface area (Å²) in [7, 11) is 0. The standard InChI is InChI=1S/C17H11BrF3N7S/c18-14-11-15(23)28(13-10(20)2-1-9(19)12(13)21)17(25-16(11)27-26-14)29-6-7-3-8(22)5-24-4-7/h1-5,23H,6,22H2,(H,26,27). The first-order valence-corrected chi connectivity index (χ1v) is 9.82. The number of nitrogens with one attached hydrogen (secondary N) is 2. The first-order valence-electron chi connectivity index (χ1n) is 8.04. The molecule has 3 heterocycles. The van der Waals surface area contributed by atoms with E-state index < -0.39 is 23.1 Å². The van der Waals surface area contributed by atoms with Gasteiger partial charge >= 0.3 is 0 Å². The second-order valence-electron chi connectivity index (χ2n) is 5.92. The van der Waals surface area contributed by atoms with Crippen LogP contribution < -0.4 is 11.2 Å². The summed E-state index contributed by atoms with van der Waals surface area (Å²) >= 11 is 4.28. The summed E-state index contributed by atoms with van der Waals surface area (Å²) in [6, 6.07) is 3.17. The van der Waals surface area contributed by atoms with E-state index in [2.05, 4.69) is 36.1 Å². The maximum absolute atomic E-state index is 14.5. The van der Waals surface area contributed by atoms with Crippen molar-refractivity contribution in [1.29, 1.82) is 5.41 Å². The fourth-order valence-electron chi connectivity index (χ4n) is 2.71. The molecule has 0 saturated heterocycles. The minimum Gasteiger partial charge on any atom is -0.397 e. The molecule has 0 atom stereocenters. The number of thioether (sulfide) groups is 1. The molecule has 148 valence electrons. The van der Waals surface area contributed by atoms with Crippen LogP contribution in [0.4, 0.5) is 18.9 Å². The van der Waals surface area contributed by atoms with Gasteiger partial charge in [0.05, 0.1) is 11.1 Å². The Hall–Kier alpha value is -2.86. The fourth-order valence-corrected chi connectivity index (χ4v) is 4.08. The summed E-state index contributed by atoms with van der Waals surface area (Å²) in [5, 5.41) is 15.3. The predicted molar refractivity (Wildman–Crippen MR) is 105 cm³/mol. The molecule has 4 N–H and O–H groups in total. The van der Waals surface area contributed by atoms with Gasteiger partial charge in [0.15, 0.2) is 28.3 Å². The highest BCUT2D eigenvalue weighted by atomic mass is 79.9. The quantitative estimate of drug-likeness (QED) is 0.234. The molecule has 4 aromatic rings. The summed E-state index contributed by atoms with van der Waals surface area (Å²) in [5.41, 5.74) is 6.04. The van der Waals surface area contributed by atoms with E-state index >= 15 is 0 Å². The molecular formula is C17H11BrF3N7S. The van der Waals surface area contributed by atoms with Crippen LogP contribution in [0.1, 0.15) is 5.56 Å². The topological polar surface area (TPSA) is 109 Å². The average Bonchev–Trinajstić information content (AvgIpc) is 3.06. The Morgan fingerprint density at radius 2 is 1.97 bits per heavy atom. The fraction of sp³-hybridized carbons (Fsp3) is 0.0588. The van der Waals surface area contributed by atoms with E-state index in [1.165, 1.54) is 6.20 Å². The van der Waals surface area contributed by atoms with E-state index in [1.807, 2.05) is 0 Å². The number of hydrogen-bond donors (Lipinski definition) is 3. The third-order valence-corrected chi connectivity index (χ3v) is 5.57. The number of nitrogens with two attached hydrogens (primary N) is 1. The summed E-state index contributed by atoms with van der Waals surface area (Å²) in [6.07, 6.45) is 3.07. The number of pyridine rings is 1. The van der Waals surface area contributed by atoms with E-state index in [0.717, 1.165) is 28.0 Å². The zero-order chi connectivity index (χ0) is 20.7. The van der Waals surface area contributed by atoms with Crippen molar-refractivity contribution in [1.82, 2.24) is 24.7 Å². The maximum Gasteiger partial charge on any atom is 0.188 e. The van der Waals surface area contributed by atoms with Crippen LogP contribution >= 0.6 is 27.7 Å². The van der Waals surface area contributed by atoms with Crippen molar-refractivity contribution in [2.75, 3.05) is 5.73 Å². The lowest BCUT2D eigenvalue weighted by Gasteiger charge is -2.15. The van der Waals surface area contributed by atoms with Crippen LogP contribution in [0, 0.1) is 22.9 Å². The van der Waals surface area contributed by atoms with Crippen molar-refractivity contribution in [2.45, 2.75) is 10.9 Å². The Morgan fingerprint density at radius 1 is 1.21 bits per heavy atom. The molecule has 4 rings (SSSR count). The van der Waals surface area contributed by atoms with E-state index in [1.54, 1.807) is 12.3 Å². The lowest BCUT2D eigenvalue weighted by atomic mass is 10.2. The van der Waals surface area contributed by atoms with Gasteiger partial charge in [0.25, 0.3) is 0 Å². The number of rotatable bonds is 4. The Bertz CT molecular complexity index is 1300. The van der Waals surface area contributed by atoms with Crippen LogP contribution in [-0.2, 0) is 5.75 Å².